The summed E-state index contributed by atoms with van der Waals surface area (Å²) in [5.41, 5.74) is 1.61. The fraction of sp³-hybridized carbons (Fsp3) is 0.250. The Morgan fingerprint density at radius 2 is 1.67 bits per heavy atom. The monoisotopic (exact) mass is 305 g/mol. The number of hydrogen-bond donors (Lipinski definition) is 1. The van der Waals surface area contributed by atoms with E-state index in [1.807, 2.05) is 37.3 Å². The van der Waals surface area contributed by atoms with Crippen LogP contribution in [0.4, 0.5) is 0 Å². The highest BCUT2D eigenvalue weighted by Crippen LogP contribution is 2.21. The van der Waals surface area contributed by atoms with Crippen LogP contribution in [0.1, 0.15) is 24.1 Å². The molecule has 1 N–H and O–H groups in total. The lowest BCUT2D eigenvalue weighted by molar-refractivity contribution is 0.414. The molecule has 4 nitrogen and oxygen atoms in total. The summed E-state index contributed by atoms with van der Waals surface area (Å²) in [5.74, 6) is 0.743. The van der Waals surface area contributed by atoms with Crippen molar-refractivity contribution in [3.05, 3.63) is 59.7 Å². The molecule has 112 valence electrons. The Hall–Kier alpha value is -1.85. The minimum atomic E-state index is -3.54. The van der Waals surface area contributed by atoms with Crippen molar-refractivity contribution >= 4 is 10.0 Å². The van der Waals surface area contributed by atoms with Crippen molar-refractivity contribution in [3.8, 4) is 5.75 Å². The third-order valence-corrected chi connectivity index (χ3v) is 5.03. The molecule has 0 saturated heterocycles. The summed E-state index contributed by atoms with van der Waals surface area (Å²) in [6.45, 7) is 3.60. The highest BCUT2D eigenvalue weighted by molar-refractivity contribution is 7.89. The first-order chi connectivity index (χ1) is 9.94. The first kappa shape index (κ1) is 15.5. The van der Waals surface area contributed by atoms with E-state index in [0.29, 0.717) is 4.90 Å². The topological polar surface area (TPSA) is 55.4 Å². The number of benzene rings is 2. The molecular formula is C16H19NO3S. The van der Waals surface area contributed by atoms with Gasteiger partial charge in [-0.3, -0.25) is 0 Å². The van der Waals surface area contributed by atoms with Crippen LogP contribution in [0.25, 0.3) is 0 Å². The average Bonchev–Trinajstić information content (AvgIpc) is 2.47. The highest BCUT2D eigenvalue weighted by atomic mass is 32.2. The summed E-state index contributed by atoms with van der Waals surface area (Å²) in [5, 5.41) is 0. The zero-order valence-corrected chi connectivity index (χ0v) is 13.1. The van der Waals surface area contributed by atoms with Gasteiger partial charge in [0.15, 0.2) is 0 Å². The van der Waals surface area contributed by atoms with Crippen LogP contribution in [0, 0.1) is 6.92 Å². The molecule has 0 aliphatic heterocycles. The van der Waals surface area contributed by atoms with Crippen LogP contribution < -0.4 is 9.46 Å². The maximum Gasteiger partial charge on any atom is 0.241 e. The van der Waals surface area contributed by atoms with E-state index in [9.17, 15) is 8.42 Å². The van der Waals surface area contributed by atoms with Crippen LogP contribution in [-0.4, -0.2) is 15.5 Å². The fourth-order valence-electron chi connectivity index (χ4n) is 2.11. The van der Waals surface area contributed by atoms with Gasteiger partial charge in [-0.05, 0) is 43.2 Å². The Balaban J connectivity index is 2.21. The second kappa shape index (κ2) is 6.28. The maximum absolute atomic E-state index is 12.4. The van der Waals surface area contributed by atoms with E-state index < -0.39 is 10.0 Å². The Labute approximate surface area is 125 Å². The zero-order valence-electron chi connectivity index (χ0n) is 12.3. The van der Waals surface area contributed by atoms with Gasteiger partial charge in [0.25, 0.3) is 0 Å². The summed E-state index contributed by atoms with van der Waals surface area (Å²) in [7, 11) is -1.94. The van der Waals surface area contributed by atoms with Crippen LogP contribution in [-0.2, 0) is 10.0 Å². The third-order valence-electron chi connectivity index (χ3n) is 3.33. The Morgan fingerprint density at radius 1 is 1.05 bits per heavy atom. The smallest absolute Gasteiger partial charge is 0.241 e. The molecule has 0 bridgehead atoms. The number of ether oxygens (including phenoxy) is 1. The van der Waals surface area contributed by atoms with Crippen molar-refractivity contribution in [1.82, 2.24) is 4.72 Å². The summed E-state index contributed by atoms with van der Waals surface area (Å²) in [4.78, 5) is 0.311. The minimum Gasteiger partial charge on any atom is -0.497 e. The first-order valence-corrected chi connectivity index (χ1v) is 8.14. The summed E-state index contributed by atoms with van der Waals surface area (Å²) < 4.78 is 32.6. The lowest BCUT2D eigenvalue weighted by Crippen LogP contribution is -2.27. The van der Waals surface area contributed by atoms with Crippen molar-refractivity contribution < 1.29 is 13.2 Å². The Kier molecular flexibility index (Phi) is 4.65. The Morgan fingerprint density at radius 3 is 2.24 bits per heavy atom. The van der Waals surface area contributed by atoms with Gasteiger partial charge in [0.2, 0.25) is 10.0 Å². The van der Waals surface area contributed by atoms with Crippen LogP contribution in [0.15, 0.2) is 53.4 Å². The molecule has 0 heterocycles. The summed E-state index contributed by atoms with van der Waals surface area (Å²) in [6, 6.07) is 13.9. The van der Waals surface area contributed by atoms with E-state index in [1.165, 1.54) is 0 Å². The second-order valence-electron chi connectivity index (χ2n) is 4.88. The quantitative estimate of drug-likeness (QED) is 0.923. The molecule has 0 aliphatic rings. The van der Waals surface area contributed by atoms with E-state index in [4.69, 9.17) is 4.74 Å². The normalized spacial score (nSPS) is 12.9. The van der Waals surface area contributed by atoms with E-state index in [1.54, 1.807) is 32.2 Å². The summed E-state index contributed by atoms with van der Waals surface area (Å²) >= 11 is 0. The first-order valence-electron chi connectivity index (χ1n) is 6.66. The Bertz CT molecular complexity index is 709. The van der Waals surface area contributed by atoms with Crippen LogP contribution in [0.5, 0.6) is 5.75 Å². The molecule has 21 heavy (non-hydrogen) atoms. The van der Waals surface area contributed by atoms with Gasteiger partial charge in [-0.25, -0.2) is 13.1 Å². The van der Waals surface area contributed by atoms with Crippen molar-refractivity contribution in [2.75, 3.05) is 7.11 Å². The molecule has 2 rings (SSSR count). The molecular weight excluding hydrogens is 286 g/mol. The van der Waals surface area contributed by atoms with Gasteiger partial charge in [-0.1, -0.05) is 30.3 Å². The molecule has 0 spiro atoms. The van der Waals surface area contributed by atoms with Crippen LogP contribution in [0.2, 0.25) is 0 Å². The maximum atomic E-state index is 12.4. The van der Waals surface area contributed by atoms with E-state index in [0.717, 1.165) is 16.9 Å². The molecule has 5 heteroatoms. The second-order valence-corrected chi connectivity index (χ2v) is 6.56. The third kappa shape index (κ3) is 3.62. The zero-order chi connectivity index (χ0) is 15.5. The fourth-order valence-corrected chi connectivity index (χ4v) is 3.59. The van der Waals surface area contributed by atoms with Crippen LogP contribution in [0.3, 0.4) is 0 Å². The molecule has 0 radical (unpaired) electrons. The van der Waals surface area contributed by atoms with E-state index in [2.05, 4.69) is 4.72 Å². The molecule has 2 aromatic carbocycles. The van der Waals surface area contributed by atoms with Gasteiger partial charge in [-0.2, -0.15) is 0 Å². The van der Waals surface area contributed by atoms with Crippen molar-refractivity contribution in [2.45, 2.75) is 24.8 Å². The van der Waals surface area contributed by atoms with E-state index >= 15 is 0 Å². The van der Waals surface area contributed by atoms with Gasteiger partial charge >= 0.3 is 0 Å². The SMILES string of the molecule is COc1ccc(C(C)NS(=O)(=O)c2ccccc2C)cc1. The lowest BCUT2D eigenvalue weighted by Gasteiger charge is -2.16. The number of methoxy groups -OCH3 is 1. The molecule has 0 aromatic heterocycles. The number of aryl methyl sites for hydroxylation is 1. The van der Waals surface area contributed by atoms with Crippen LogP contribution >= 0.6 is 0 Å². The highest BCUT2D eigenvalue weighted by Gasteiger charge is 2.19. The minimum absolute atomic E-state index is 0.311. The standard InChI is InChI=1S/C16H19NO3S/c1-12-6-4-5-7-16(12)21(18,19)17-13(2)14-8-10-15(20-3)11-9-14/h4-11,13,17H,1-3H3. The molecule has 0 fully saturated rings. The number of hydrogen-bond acceptors (Lipinski definition) is 3. The van der Waals surface area contributed by atoms with Gasteiger partial charge in [-0.15, -0.1) is 0 Å². The van der Waals surface area contributed by atoms with Gasteiger partial charge < -0.3 is 4.74 Å². The predicted molar refractivity (Wildman–Crippen MR) is 82.9 cm³/mol. The summed E-state index contributed by atoms with van der Waals surface area (Å²) in [6.07, 6.45) is 0. The van der Waals surface area contributed by atoms with Gasteiger partial charge in [0.05, 0.1) is 12.0 Å². The number of sulfonamides is 1. The molecule has 1 atom stereocenters. The molecule has 2 aromatic rings. The van der Waals surface area contributed by atoms with Crippen molar-refractivity contribution in [2.24, 2.45) is 0 Å². The van der Waals surface area contributed by atoms with Gasteiger partial charge in [0, 0.05) is 6.04 Å². The average molecular weight is 305 g/mol. The predicted octanol–water partition coefficient (Wildman–Crippen LogP) is 3.04. The van der Waals surface area contributed by atoms with Gasteiger partial charge in [0.1, 0.15) is 5.75 Å². The molecule has 0 saturated carbocycles. The van der Waals surface area contributed by atoms with Crippen molar-refractivity contribution in [1.29, 1.82) is 0 Å². The molecule has 1 unspecified atom stereocenters. The van der Waals surface area contributed by atoms with Crippen molar-refractivity contribution in [3.63, 3.8) is 0 Å². The number of nitrogens with one attached hydrogen (secondary N) is 1. The molecule has 0 aliphatic carbocycles. The number of rotatable bonds is 5. The lowest BCUT2D eigenvalue weighted by atomic mass is 10.1. The van der Waals surface area contributed by atoms with E-state index in [-0.39, 0.29) is 6.04 Å². The molecule has 0 amide bonds. The largest absolute Gasteiger partial charge is 0.497 e.